The molecule has 32 heavy (non-hydrogen) atoms. The summed E-state index contributed by atoms with van der Waals surface area (Å²) in [5, 5.41) is 0. The van der Waals surface area contributed by atoms with Gasteiger partial charge in [-0.25, -0.2) is 0 Å². The van der Waals surface area contributed by atoms with Crippen molar-refractivity contribution in [3.8, 4) is 0 Å². The van der Waals surface area contributed by atoms with Gasteiger partial charge in [-0.1, -0.05) is 25.5 Å². The van der Waals surface area contributed by atoms with Crippen molar-refractivity contribution in [2.24, 2.45) is 15.7 Å². The fourth-order valence-electron chi connectivity index (χ4n) is 4.75. The van der Waals surface area contributed by atoms with Crippen LogP contribution in [0.1, 0.15) is 75.5 Å². The Morgan fingerprint density at radius 1 is 1.22 bits per heavy atom. The molecular formula is C24H38N6OS. The van der Waals surface area contributed by atoms with Crippen LogP contribution in [0.2, 0.25) is 0 Å². The molecule has 0 aromatic heterocycles. The summed E-state index contributed by atoms with van der Waals surface area (Å²) >= 11 is 1.47. The lowest BCUT2D eigenvalue weighted by molar-refractivity contribution is 0.0403. The zero-order valence-electron chi connectivity index (χ0n) is 19.4. The maximum atomic E-state index is 6.37. The molecule has 1 aromatic carbocycles. The van der Waals surface area contributed by atoms with E-state index in [9.17, 15) is 0 Å². The Morgan fingerprint density at radius 2 is 2.09 bits per heavy atom. The number of unbranched alkanes of at least 4 members (excludes halogenated alkanes) is 1. The van der Waals surface area contributed by atoms with Crippen LogP contribution in [-0.4, -0.2) is 49.0 Å². The van der Waals surface area contributed by atoms with Gasteiger partial charge in [-0.3, -0.25) is 14.0 Å². The Hall–Kier alpha value is -1.93. The third-order valence-corrected chi connectivity index (χ3v) is 7.28. The van der Waals surface area contributed by atoms with E-state index in [-0.39, 0.29) is 6.10 Å². The van der Waals surface area contributed by atoms with Crippen molar-refractivity contribution in [1.82, 2.24) is 9.03 Å². The highest BCUT2D eigenvalue weighted by atomic mass is 32.2. The van der Waals surface area contributed by atoms with Crippen molar-refractivity contribution >= 4 is 29.7 Å². The highest BCUT2D eigenvalue weighted by Crippen LogP contribution is 2.38. The number of hydrogen-bond donors (Lipinski definition) is 2. The Labute approximate surface area is 197 Å². The first-order valence-corrected chi connectivity index (χ1v) is 13.1. The van der Waals surface area contributed by atoms with Crippen molar-refractivity contribution in [3.05, 3.63) is 29.3 Å². The van der Waals surface area contributed by atoms with Crippen molar-refractivity contribution < 1.29 is 4.74 Å². The molecule has 3 N–H and O–H groups in total. The summed E-state index contributed by atoms with van der Waals surface area (Å²) < 4.78 is 11.5. The molecule has 2 aliphatic heterocycles. The molecule has 0 saturated carbocycles. The second-order valence-corrected chi connectivity index (χ2v) is 9.65. The first-order chi connectivity index (χ1) is 15.8. The third-order valence-electron chi connectivity index (χ3n) is 6.42. The predicted octanol–water partition coefficient (Wildman–Crippen LogP) is 4.40. The van der Waals surface area contributed by atoms with Crippen molar-refractivity contribution in [1.29, 1.82) is 0 Å². The van der Waals surface area contributed by atoms with Crippen LogP contribution in [0.5, 0.6) is 0 Å². The lowest BCUT2D eigenvalue weighted by Gasteiger charge is -2.34. The van der Waals surface area contributed by atoms with E-state index in [1.807, 2.05) is 0 Å². The number of aliphatic imine (C=N–C) groups is 2. The van der Waals surface area contributed by atoms with Crippen molar-refractivity contribution in [3.63, 3.8) is 0 Å². The smallest absolute Gasteiger partial charge is 0.235 e. The van der Waals surface area contributed by atoms with Crippen LogP contribution in [0.25, 0.3) is 0 Å². The second kappa shape index (κ2) is 11.8. The summed E-state index contributed by atoms with van der Waals surface area (Å²) in [4.78, 5) is 11.7. The van der Waals surface area contributed by atoms with E-state index in [0.717, 1.165) is 32.2 Å². The topological polar surface area (TPSA) is 78.5 Å². The minimum Gasteiger partial charge on any atom is -0.373 e. The zero-order chi connectivity index (χ0) is 22.2. The Kier molecular flexibility index (Phi) is 8.56. The summed E-state index contributed by atoms with van der Waals surface area (Å²) in [6, 6.07) is 6.82. The quantitative estimate of drug-likeness (QED) is 0.422. The SMILES string of the molecule is CCCCN1SNC(N)=NC1=NCCCOC1CCCc2c1cccc2N1CCCCC1. The molecule has 2 heterocycles. The molecule has 1 fully saturated rings. The largest absolute Gasteiger partial charge is 0.373 e. The van der Waals surface area contributed by atoms with E-state index in [0.29, 0.717) is 25.1 Å². The number of ether oxygens (including phenoxy) is 1. The normalized spacial score (nSPS) is 22.5. The van der Waals surface area contributed by atoms with Gasteiger partial charge < -0.3 is 15.4 Å². The van der Waals surface area contributed by atoms with Gasteiger partial charge in [0.05, 0.1) is 18.2 Å². The van der Waals surface area contributed by atoms with Gasteiger partial charge in [0.25, 0.3) is 0 Å². The molecule has 176 valence electrons. The van der Waals surface area contributed by atoms with Crippen molar-refractivity contribution in [2.75, 3.05) is 37.7 Å². The Bertz CT molecular complexity index is 808. The number of benzene rings is 1. The van der Waals surface area contributed by atoms with Gasteiger partial charge in [-0.15, -0.1) is 0 Å². The van der Waals surface area contributed by atoms with Gasteiger partial charge in [0.2, 0.25) is 11.9 Å². The van der Waals surface area contributed by atoms with Crippen LogP contribution in [0, 0.1) is 0 Å². The molecule has 7 nitrogen and oxygen atoms in total. The van der Waals surface area contributed by atoms with Crippen LogP contribution in [0.15, 0.2) is 28.2 Å². The van der Waals surface area contributed by atoms with E-state index in [2.05, 4.69) is 44.0 Å². The maximum Gasteiger partial charge on any atom is 0.235 e. The number of anilines is 1. The number of piperidine rings is 1. The van der Waals surface area contributed by atoms with Gasteiger partial charge in [0, 0.05) is 38.5 Å². The maximum absolute atomic E-state index is 6.37. The molecule has 0 radical (unpaired) electrons. The molecule has 1 saturated heterocycles. The molecule has 0 bridgehead atoms. The number of fused-ring (bicyclic) bond motifs is 1. The van der Waals surface area contributed by atoms with Crippen molar-refractivity contribution in [2.45, 2.75) is 70.8 Å². The molecular weight excluding hydrogens is 420 g/mol. The molecule has 4 rings (SSSR count). The number of rotatable bonds is 9. The zero-order valence-corrected chi connectivity index (χ0v) is 20.2. The summed E-state index contributed by atoms with van der Waals surface area (Å²) in [6.45, 7) is 6.90. The summed E-state index contributed by atoms with van der Waals surface area (Å²) in [5.74, 6) is 1.13. The van der Waals surface area contributed by atoms with Gasteiger partial charge in [0.15, 0.2) is 0 Å². The summed E-state index contributed by atoms with van der Waals surface area (Å²) in [6.07, 6.45) is 10.8. The van der Waals surface area contributed by atoms with Crippen LogP contribution in [0.4, 0.5) is 5.69 Å². The molecule has 1 atom stereocenters. The van der Waals surface area contributed by atoms with Crippen LogP contribution < -0.4 is 15.4 Å². The third kappa shape index (κ3) is 5.90. The number of nitrogens with one attached hydrogen (secondary N) is 1. The number of nitrogens with zero attached hydrogens (tertiary/aromatic N) is 4. The summed E-state index contributed by atoms with van der Waals surface area (Å²) in [7, 11) is 0. The van der Waals surface area contributed by atoms with E-state index < -0.39 is 0 Å². The van der Waals surface area contributed by atoms with Gasteiger partial charge in [-0.05, 0) is 68.6 Å². The van der Waals surface area contributed by atoms with Crippen LogP contribution in [0.3, 0.4) is 0 Å². The highest BCUT2D eigenvalue weighted by molar-refractivity contribution is 7.96. The van der Waals surface area contributed by atoms with Gasteiger partial charge >= 0.3 is 0 Å². The average Bonchev–Trinajstić information content (AvgIpc) is 2.83. The van der Waals surface area contributed by atoms with E-state index in [1.54, 1.807) is 0 Å². The molecule has 1 unspecified atom stereocenters. The Balaban J connectivity index is 1.31. The lowest BCUT2D eigenvalue weighted by Crippen LogP contribution is -2.40. The van der Waals surface area contributed by atoms with E-state index in [1.165, 1.54) is 74.1 Å². The first-order valence-electron chi connectivity index (χ1n) is 12.3. The molecule has 3 aliphatic rings. The molecule has 1 aliphatic carbocycles. The molecule has 0 amide bonds. The highest BCUT2D eigenvalue weighted by Gasteiger charge is 2.25. The molecule has 0 spiro atoms. The van der Waals surface area contributed by atoms with Gasteiger partial charge in [0.1, 0.15) is 0 Å². The standard InChI is InChI=1S/C24H38N6OS/c1-2-3-17-30-24(27-23(25)28-32-30)26-14-9-18-31-22-13-8-10-19-20(22)11-7-12-21(19)29-15-5-4-6-16-29/h7,11-12,22H,2-6,8-10,13-18H2,1H3,(H3,25,26,27,28). The Morgan fingerprint density at radius 3 is 2.94 bits per heavy atom. The van der Waals surface area contributed by atoms with E-state index in [4.69, 9.17) is 15.5 Å². The first kappa shape index (κ1) is 23.2. The minimum absolute atomic E-state index is 0.209. The monoisotopic (exact) mass is 458 g/mol. The summed E-state index contributed by atoms with van der Waals surface area (Å²) in [5.41, 5.74) is 10.2. The fraction of sp³-hybridized carbons (Fsp3) is 0.667. The van der Waals surface area contributed by atoms with Gasteiger partial charge in [-0.2, -0.15) is 4.99 Å². The van der Waals surface area contributed by atoms with Crippen LogP contribution >= 0.6 is 12.1 Å². The lowest BCUT2D eigenvalue weighted by atomic mass is 9.87. The minimum atomic E-state index is 0.209. The second-order valence-electron chi connectivity index (χ2n) is 8.83. The number of hydrogen-bond acceptors (Lipinski definition) is 6. The number of nitrogens with two attached hydrogens (primary N) is 1. The molecule has 8 heteroatoms. The van der Waals surface area contributed by atoms with Crippen LogP contribution in [-0.2, 0) is 11.2 Å². The van der Waals surface area contributed by atoms with E-state index >= 15 is 0 Å². The fourth-order valence-corrected chi connectivity index (χ4v) is 5.40. The average molecular weight is 459 g/mol. The predicted molar refractivity (Wildman–Crippen MR) is 135 cm³/mol. The molecule has 1 aromatic rings. The number of guanidine groups is 2.